The second kappa shape index (κ2) is 13.1. The van der Waals surface area contributed by atoms with E-state index in [4.69, 9.17) is 14.7 Å². The van der Waals surface area contributed by atoms with E-state index in [1.54, 1.807) is 29.7 Å². The summed E-state index contributed by atoms with van der Waals surface area (Å²) in [6.07, 6.45) is 2.68. The second-order valence-electron chi connectivity index (χ2n) is 11.3. The normalized spacial score (nSPS) is 22.4. The van der Waals surface area contributed by atoms with Crippen LogP contribution in [0, 0.1) is 0 Å². The number of ether oxygens (including phenoxy) is 2. The zero-order chi connectivity index (χ0) is 29.6. The number of nitrogens with zero attached hydrogens (tertiary/aromatic N) is 2. The lowest BCUT2D eigenvalue weighted by Gasteiger charge is -2.42. The summed E-state index contributed by atoms with van der Waals surface area (Å²) in [5.74, 6) is -0.319. The van der Waals surface area contributed by atoms with Gasteiger partial charge in [0.05, 0.1) is 30.1 Å². The number of carbonyl (C=O) groups is 2. The summed E-state index contributed by atoms with van der Waals surface area (Å²) >= 11 is 0. The maximum atomic E-state index is 13.2. The Morgan fingerprint density at radius 3 is 2.67 bits per heavy atom. The van der Waals surface area contributed by atoms with E-state index in [-0.39, 0.29) is 25.0 Å². The molecule has 42 heavy (non-hydrogen) atoms. The molecule has 0 spiro atoms. The predicted molar refractivity (Wildman–Crippen MR) is 155 cm³/mol. The number of fused-ring (bicyclic) bond motifs is 1. The van der Waals surface area contributed by atoms with E-state index in [0.29, 0.717) is 50.4 Å². The average Bonchev–Trinajstić information content (AvgIpc) is 3.01. The number of pyridine rings is 1. The minimum Gasteiger partial charge on any atom is -0.491 e. The van der Waals surface area contributed by atoms with Crippen molar-refractivity contribution >= 4 is 22.7 Å². The molecule has 2 amide bonds. The van der Waals surface area contributed by atoms with Gasteiger partial charge in [0.15, 0.2) is 0 Å². The number of morpholine rings is 1. The van der Waals surface area contributed by atoms with Gasteiger partial charge in [-0.3, -0.25) is 19.8 Å². The second-order valence-corrected chi connectivity index (χ2v) is 11.3. The van der Waals surface area contributed by atoms with Crippen LogP contribution in [0.25, 0.3) is 10.9 Å². The number of benzene rings is 2. The van der Waals surface area contributed by atoms with Gasteiger partial charge in [-0.2, -0.15) is 0 Å². The molecule has 2 aromatic carbocycles. The summed E-state index contributed by atoms with van der Waals surface area (Å²) < 4.78 is 25.3. The van der Waals surface area contributed by atoms with Gasteiger partial charge in [0.1, 0.15) is 24.6 Å². The van der Waals surface area contributed by atoms with Gasteiger partial charge in [0.25, 0.3) is 5.91 Å². The molecule has 10 nitrogen and oxygen atoms in total. The quantitative estimate of drug-likeness (QED) is 0.213. The van der Waals surface area contributed by atoms with Crippen LogP contribution in [0.15, 0.2) is 60.8 Å². The lowest BCUT2D eigenvalue weighted by atomic mass is 9.83. The van der Waals surface area contributed by atoms with E-state index in [1.807, 2.05) is 42.3 Å². The van der Waals surface area contributed by atoms with Crippen LogP contribution in [0.3, 0.4) is 0 Å². The van der Waals surface area contributed by atoms with Gasteiger partial charge < -0.3 is 25.0 Å². The van der Waals surface area contributed by atoms with Gasteiger partial charge >= 0.3 is 0 Å². The minimum atomic E-state index is -0.835. The SMILES string of the molecule is CC1(COc2ccc(C(=O)NC3(CC(=O)NO)CCN(CCF)CC3)cc2)OCCNC1c1ccnc2ccccc12. The van der Waals surface area contributed by atoms with Crippen LogP contribution in [0.1, 0.15) is 48.1 Å². The molecule has 2 saturated heterocycles. The van der Waals surface area contributed by atoms with Crippen LogP contribution in [-0.2, 0) is 9.53 Å². The van der Waals surface area contributed by atoms with Crippen LogP contribution in [-0.4, -0.2) is 84.1 Å². The molecular formula is C31H38FN5O5. The van der Waals surface area contributed by atoms with Gasteiger partial charge in [-0.25, -0.2) is 9.87 Å². The third kappa shape index (κ3) is 6.70. The number of alkyl halides is 1. The largest absolute Gasteiger partial charge is 0.491 e. The number of likely N-dealkylation sites (tertiary alicyclic amines) is 1. The molecule has 3 aromatic rings. The predicted octanol–water partition coefficient (Wildman–Crippen LogP) is 3.16. The number of hydrogen-bond donors (Lipinski definition) is 4. The van der Waals surface area contributed by atoms with E-state index >= 15 is 0 Å². The first-order valence-electron chi connectivity index (χ1n) is 14.3. The molecular weight excluding hydrogens is 541 g/mol. The summed E-state index contributed by atoms with van der Waals surface area (Å²) in [5, 5.41) is 16.8. The molecule has 0 saturated carbocycles. The molecule has 3 heterocycles. The zero-order valence-electron chi connectivity index (χ0n) is 23.8. The van der Waals surface area contributed by atoms with E-state index in [1.165, 1.54) is 0 Å². The van der Waals surface area contributed by atoms with E-state index in [2.05, 4.69) is 21.7 Å². The van der Waals surface area contributed by atoms with Crippen LogP contribution in [0.4, 0.5) is 4.39 Å². The lowest BCUT2D eigenvalue weighted by molar-refractivity contribution is -0.131. The van der Waals surface area contributed by atoms with Crippen molar-refractivity contribution in [3.8, 4) is 5.75 Å². The van der Waals surface area contributed by atoms with Gasteiger partial charge in [0.2, 0.25) is 5.91 Å². The Bertz CT molecular complexity index is 1380. The van der Waals surface area contributed by atoms with Crippen molar-refractivity contribution in [2.75, 3.05) is 46.1 Å². The fourth-order valence-electron chi connectivity index (χ4n) is 5.98. The molecule has 0 aliphatic carbocycles. The maximum Gasteiger partial charge on any atom is 0.251 e. The maximum absolute atomic E-state index is 13.2. The number of nitrogens with one attached hydrogen (secondary N) is 3. The Labute approximate surface area is 244 Å². The van der Waals surface area contributed by atoms with Gasteiger partial charge in [-0.1, -0.05) is 18.2 Å². The summed E-state index contributed by atoms with van der Waals surface area (Å²) in [6, 6.07) is 16.8. The fraction of sp³-hybridized carbons (Fsp3) is 0.452. The smallest absolute Gasteiger partial charge is 0.251 e. The Balaban J connectivity index is 1.25. The highest BCUT2D eigenvalue weighted by atomic mass is 19.1. The molecule has 11 heteroatoms. The van der Waals surface area contributed by atoms with Crippen molar-refractivity contribution in [2.24, 2.45) is 0 Å². The van der Waals surface area contributed by atoms with E-state index < -0.39 is 23.7 Å². The minimum absolute atomic E-state index is 0.0690. The van der Waals surface area contributed by atoms with Crippen LogP contribution >= 0.6 is 0 Å². The summed E-state index contributed by atoms with van der Waals surface area (Å²) in [7, 11) is 0. The third-order valence-electron chi connectivity index (χ3n) is 8.34. The first-order valence-corrected chi connectivity index (χ1v) is 14.3. The summed E-state index contributed by atoms with van der Waals surface area (Å²) in [4.78, 5) is 31.7. The Morgan fingerprint density at radius 2 is 1.93 bits per heavy atom. The fourth-order valence-corrected chi connectivity index (χ4v) is 5.98. The van der Waals surface area contributed by atoms with Gasteiger partial charge in [-0.05, 0) is 61.7 Å². The van der Waals surface area contributed by atoms with Gasteiger partial charge in [0, 0.05) is 43.3 Å². The van der Waals surface area contributed by atoms with Crippen LogP contribution in [0.5, 0.6) is 5.75 Å². The first kappa shape index (κ1) is 29.8. The third-order valence-corrected chi connectivity index (χ3v) is 8.34. The number of amides is 2. The van der Waals surface area contributed by atoms with Crippen molar-refractivity contribution in [3.63, 3.8) is 0 Å². The highest BCUT2D eigenvalue weighted by Gasteiger charge is 2.41. The average molecular weight is 580 g/mol. The first-order chi connectivity index (χ1) is 20.3. The molecule has 2 aliphatic heterocycles. The van der Waals surface area contributed by atoms with Crippen LogP contribution < -0.4 is 20.9 Å². The number of rotatable bonds is 10. The van der Waals surface area contributed by atoms with Gasteiger partial charge in [-0.15, -0.1) is 0 Å². The molecule has 0 radical (unpaired) electrons. The standard InChI is InChI=1S/C31H38FN5O5/c1-30(28(34-15-19-42-30)25-10-14-33-26-5-3-2-4-24(25)26)21-41-23-8-6-22(7-9-23)29(39)35-31(20-27(38)36-40)11-16-37(17-12-31)18-13-32/h2-10,14,28,34,40H,11-13,15-21H2,1H3,(H,35,39)(H,36,38). The molecule has 2 atom stereocenters. The van der Waals surface area contributed by atoms with Crippen molar-refractivity contribution in [1.29, 1.82) is 0 Å². The molecule has 0 bridgehead atoms. The number of hydrogen-bond acceptors (Lipinski definition) is 8. The monoisotopic (exact) mass is 579 g/mol. The lowest BCUT2D eigenvalue weighted by Crippen LogP contribution is -2.57. The van der Waals surface area contributed by atoms with Crippen molar-refractivity contribution in [1.82, 2.24) is 26.0 Å². The van der Waals surface area contributed by atoms with E-state index in [9.17, 15) is 14.0 Å². The van der Waals surface area contributed by atoms with Crippen molar-refractivity contribution in [2.45, 2.75) is 43.4 Å². The molecule has 5 rings (SSSR count). The molecule has 2 aliphatic rings. The molecule has 1 aromatic heterocycles. The number of carbonyl (C=O) groups excluding carboxylic acids is 2. The highest BCUT2D eigenvalue weighted by Crippen LogP contribution is 2.36. The van der Waals surface area contributed by atoms with Crippen molar-refractivity contribution < 1.29 is 28.7 Å². The van der Waals surface area contributed by atoms with Crippen molar-refractivity contribution in [3.05, 3.63) is 71.9 Å². The Kier molecular flexibility index (Phi) is 9.32. The molecule has 2 fully saturated rings. The number of aromatic nitrogens is 1. The molecule has 224 valence electrons. The number of hydroxylamine groups is 1. The molecule has 2 unspecified atom stereocenters. The highest BCUT2D eigenvalue weighted by molar-refractivity contribution is 5.95. The van der Waals surface area contributed by atoms with E-state index in [0.717, 1.165) is 23.0 Å². The Morgan fingerprint density at radius 1 is 1.17 bits per heavy atom. The molecule has 4 N–H and O–H groups in total. The topological polar surface area (TPSA) is 125 Å². The zero-order valence-corrected chi connectivity index (χ0v) is 23.8. The Hall–Kier alpha value is -3.64. The summed E-state index contributed by atoms with van der Waals surface area (Å²) in [5.41, 5.74) is 2.60. The number of para-hydroxylation sites is 1. The number of halogens is 1. The summed E-state index contributed by atoms with van der Waals surface area (Å²) in [6.45, 7) is 4.54. The van der Waals surface area contributed by atoms with Crippen LogP contribution in [0.2, 0.25) is 0 Å². The number of piperidine rings is 1.